The number of hydrogen-bond donors (Lipinski definition) is 0. The Morgan fingerprint density at radius 1 is 0.310 bits per heavy atom. The Hall–Kier alpha value is -5.70. The second-order valence-electron chi connectivity index (χ2n) is 10.1. The minimum absolute atomic E-state index is 0.324. The van der Waals surface area contributed by atoms with Crippen molar-refractivity contribution < 1.29 is 13.3 Å². The predicted octanol–water partition coefficient (Wildman–Crippen LogP) is 7.76. The molecule has 0 spiro atoms. The highest BCUT2D eigenvalue weighted by atomic mass is 16.4. The summed E-state index contributed by atoms with van der Waals surface area (Å²) in [5, 5.41) is 25.8. The number of aromatic nitrogens is 6. The number of hydrogen-bond acceptors (Lipinski definition) is 9. The molecule has 0 saturated carbocycles. The van der Waals surface area contributed by atoms with Gasteiger partial charge in [0.2, 0.25) is 35.3 Å². The summed E-state index contributed by atoms with van der Waals surface area (Å²) in [7, 11) is 0. The lowest BCUT2D eigenvalue weighted by molar-refractivity contribution is 0.580. The van der Waals surface area contributed by atoms with E-state index in [1.165, 1.54) is 0 Å². The van der Waals surface area contributed by atoms with E-state index in [1.54, 1.807) is 0 Å². The second-order valence-corrected chi connectivity index (χ2v) is 10.1. The van der Waals surface area contributed by atoms with E-state index >= 15 is 0 Å². The summed E-state index contributed by atoms with van der Waals surface area (Å²) in [6, 6.07) is 29.3. The summed E-state index contributed by atoms with van der Waals surface area (Å²) in [4.78, 5) is 0. The average Bonchev–Trinajstić information content (AvgIpc) is 3.80. The normalized spacial score (nSPS) is 11.2. The first-order chi connectivity index (χ1) is 20.5. The molecule has 7 aromatic rings. The molecular formula is C33H24N6O3. The van der Waals surface area contributed by atoms with E-state index in [1.807, 2.05) is 112 Å². The molecule has 3 aromatic heterocycles. The topological polar surface area (TPSA) is 117 Å². The Morgan fingerprint density at radius 3 is 0.762 bits per heavy atom. The van der Waals surface area contributed by atoms with Crippen molar-refractivity contribution in [1.29, 1.82) is 0 Å². The molecule has 204 valence electrons. The lowest BCUT2D eigenvalue weighted by Crippen LogP contribution is -1.87. The van der Waals surface area contributed by atoms with Crippen LogP contribution in [0.2, 0.25) is 0 Å². The fourth-order valence-electron chi connectivity index (χ4n) is 4.46. The summed E-state index contributed by atoms with van der Waals surface area (Å²) >= 11 is 0. The lowest BCUT2D eigenvalue weighted by Gasteiger charge is -2.03. The third-order valence-electron chi connectivity index (χ3n) is 6.84. The van der Waals surface area contributed by atoms with Crippen LogP contribution >= 0.6 is 0 Å². The number of nitrogens with zero attached hydrogens (tertiary/aromatic N) is 6. The highest BCUT2D eigenvalue weighted by Gasteiger charge is 2.19. The Bertz CT molecular complexity index is 1760. The molecule has 0 unspecified atom stereocenters. The van der Waals surface area contributed by atoms with Crippen LogP contribution in [0.5, 0.6) is 0 Å². The highest BCUT2D eigenvalue weighted by molar-refractivity contribution is 5.74. The van der Waals surface area contributed by atoms with Crippen molar-refractivity contribution in [3.05, 3.63) is 108 Å². The zero-order valence-electron chi connectivity index (χ0n) is 23.1. The molecule has 0 saturated heterocycles. The maximum Gasteiger partial charge on any atom is 0.248 e. The monoisotopic (exact) mass is 552 g/mol. The van der Waals surface area contributed by atoms with Crippen molar-refractivity contribution in [2.45, 2.75) is 20.8 Å². The molecule has 0 radical (unpaired) electrons. The molecule has 0 atom stereocenters. The van der Waals surface area contributed by atoms with Crippen LogP contribution in [-0.4, -0.2) is 30.6 Å². The van der Waals surface area contributed by atoms with E-state index < -0.39 is 0 Å². The van der Waals surface area contributed by atoms with Gasteiger partial charge in [-0.2, -0.15) is 0 Å². The van der Waals surface area contributed by atoms with Gasteiger partial charge in [0.25, 0.3) is 0 Å². The highest BCUT2D eigenvalue weighted by Crippen LogP contribution is 2.34. The van der Waals surface area contributed by atoms with E-state index in [-0.39, 0.29) is 0 Å². The summed E-state index contributed by atoms with van der Waals surface area (Å²) < 4.78 is 18.3. The van der Waals surface area contributed by atoms with E-state index in [0.717, 1.165) is 33.4 Å². The third-order valence-corrected chi connectivity index (χ3v) is 6.84. The number of aryl methyl sites for hydroxylation is 3. The molecule has 4 aromatic carbocycles. The molecule has 42 heavy (non-hydrogen) atoms. The van der Waals surface area contributed by atoms with Gasteiger partial charge < -0.3 is 13.3 Å². The van der Waals surface area contributed by atoms with Gasteiger partial charge in [0.1, 0.15) is 0 Å². The standard InChI is InChI=1S/C33H24N6O3/c1-19-4-10-22(11-5-19)28-34-37-31(40-28)25-16-26(32-38-35-29(41-32)23-12-6-20(2)7-13-23)18-27(17-25)33-39-36-30(42-33)24-14-8-21(3)9-15-24/h4-18H,1-3H3. The zero-order valence-corrected chi connectivity index (χ0v) is 23.1. The molecule has 9 heteroatoms. The van der Waals surface area contributed by atoms with Crippen LogP contribution in [0.25, 0.3) is 68.7 Å². The van der Waals surface area contributed by atoms with Crippen molar-refractivity contribution in [1.82, 2.24) is 30.6 Å². The Kier molecular flexibility index (Phi) is 6.24. The van der Waals surface area contributed by atoms with Gasteiger partial charge in [0.05, 0.1) is 0 Å². The minimum atomic E-state index is 0.324. The van der Waals surface area contributed by atoms with Gasteiger partial charge in [-0.05, 0) is 75.4 Å². The molecule has 0 fully saturated rings. The SMILES string of the molecule is Cc1ccc(-c2nnc(-c3cc(-c4nnc(-c5ccc(C)cc5)o4)cc(-c4nnc(-c5ccc(C)cc5)o4)c3)o2)cc1. The van der Waals surface area contributed by atoms with Crippen LogP contribution in [0.3, 0.4) is 0 Å². The lowest BCUT2D eigenvalue weighted by atomic mass is 10.1. The molecule has 3 heterocycles. The van der Waals surface area contributed by atoms with Gasteiger partial charge in [-0.25, -0.2) is 0 Å². The maximum atomic E-state index is 6.09. The van der Waals surface area contributed by atoms with Gasteiger partial charge in [-0.15, -0.1) is 30.6 Å². The Balaban J connectivity index is 1.31. The first kappa shape index (κ1) is 25.3. The maximum absolute atomic E-state index is 6.09. The van der Waals surface area contributed by atoms with Crippen molar-refractivity contribution in [2.24, 2.45) is 0 Å². The summed E-state index contributed by atoms with van der Waals surface area (Å²) in [6.07, 6.45) is 0. The van der Waals surface area contributed by atoms with Crippen molar-refractivity contribution in [2.75, 3.05) is 0 Å². The molecule has 0 N–H and O–H groups in total. The largest absolute Gasteiger partial charge is 0.416 e. The molecule has 0 aliphatic carbocycles. The fourth-order valence-corrected chi connectivity index (χ4v) is 4.46. The van der Waals surface area contributed by atoms with Gasteiger partial charge in [-0.1, -0.05) is 53.1 Å². The number of rotatable bonds is 6. The van der Waals surface area contributed by atoms with Crippen LogP contribution in [0.15, 0.2) is 104 Å². The van der Waals surface area contributed by atoms with Gasteiger partial charge in [-0.3, -0.25) is 0 Å². The molecule has 0 amide bonds. The minimum Gasteiger partial charge on any atom is -0.416 e. The molecule has 9 nitrogen and oxygen atoms in total. The van der Waals surface area contributed by atoms with Crippen LogP contribution in [-0.2, 0) is 0 Å². The van der Waals surface area contributed by atoms with Crippen molar-refractivity contribution >= 4 is 0 Å². The quantitative estimate of drug-likeness (QED) is 0.204. The molecule has 0 aliphatic heterocycles. The van der Waals surface area contributed by atoms with E-state index in [0.29, 0.717) is 52.0 Å². The predicted molar refractivity (Wildman–Crippen MR) is 157 cm³/mol. The van der Waals surface area contributed by atoms with Crippen LogP contribution in [0.4, 0.5) is 0 Å². The zero-order chi connectivity index (χ0) is 28.6. The van der Waals surface area contributed by atoms with Crippen LogP contribution < -0.4 is 0 Å². The van der Waals surface area contributed by atoms with E-state index in [4.69, 9.17) is 13.3 Å². The molecular weight excluding hydrogens is 528 g/mol. The smallest absolute Gasteiger partial charge is 0.248 e. The van der Waals surface area contributed by atoms with Gasteiger partial charge in [0, 0.05) is 33.4 Å². The van der Waals surface area contributed by atoms with Crippen molar-refractivity contribution in [3.63, 3.8) is 0 Å². The first-order valence-corrected chi connectivity index (χ1v) is 13.4. The van der Waals surface area contributed by atoms with Crippen molar-refractivity contribution in [3.8, 4) is 68.7 Å². The molecule has 7 rings (SSSR count). The van der Waals surface area contributed by atoms with Crippen LogP contribution in [0, 0.1) is 20.8 Å². The fraction of sp³-hybridized carbons (Fsp3) is 0.0909. The second kappa shape index (κ2) is 10.4. The van der Waals surface area contributed by atoms with Gasteiger partial charge >= 0.3 is 0 Å². The molecule has 0 aliphatic rings. The Labute approximate surface area is 240 Å². The third kappa shape index (κ3) is 4.99. The average molecular weight is 553 g/mol. The van der Waals surface area contributed by atoms with E-state index in [2.05, 4.69) is 30.6 Å². The Morgan fingerprint density at radius 2 is 0.524 bits per heavy atom. The van der Waals surface area contributed by atoms with Gasteiger partial charge in [0.15, 0.2) is 0 Å². The molecule has 0 bridgehead atoms. The van der Waals surface area contributed by atoms with E-state index in [9.17, 15) is 0 Å². The summed E-state index contributed by atoms with van der Waals surface area (Å²) in [5.41, 5.74) is 7.83. The summed E-state index contributed by atoms with van der Waals surface area (Å²) in [6.45, 7) is 6.08. The summed E-state index contributed by atoms with van der Waals surface area (Å²) in [5.74, 6) is 2.21. The van der Waals surface area contributed by atoms with Crippen LogP contribution in [0.1, 0.15) is 16.7 Å². The first-order valence-electron chi connectivity index (χ1n) is 13.4. The number of benzene rings is 4.